The first-order valence-electron chi connectivity index (χ1n) is 8.35. The maximum absolute atomic E-state index is 12.1. The Morgan fingerprint density at radius 3 is 1.28 bits per heavy atom. The summed E-state index contributed by atoms with van der Waals surface area (Å²) in [7, 11) is -2.03. The zero-order valence-corrected chi connectivity index (χ0v) is 16.7. The molecule has 0 radical (unpaired) electrons. The minimum atomic E-state index is -2.03. The summed E-state index contributed by atoms with van der Waals surface area (Å²) >= 11 is 0. The van der Waals surface area contributed by atoms with Gasteiger partial charge in [0.1, 0.15) is 28.8 Å². The van der Waals surface area contributed by atoms with Crippen molar-refractivity contribution in [2.75, 3.05) is 0 Å². The maximum Gasteiger partial charge on any atom is 0.161 e. The van der Waals surface area contributed by atoms with E-state index in [0.29, 0.717) is 0 Å². The lowest BCUT2D eigenvalue weighted by Gasteiger charge is -2.31. The van der Waals surface area contributed by atoms with Gasteiger partial charge in [0.2, 0.25) is 0 Å². The van der Waals surface area contributed by atoms with Crippen molar-refractivity contribution in [3.63, 3.8) is 0 Å². The Balaban J connectivity index is 0.00000225. The third-order valence-electron chi connectivity index (χ3n) is 4.56. The number of aldehydes is 1. The third kappa shape index (κ3) is 3.61. The zero-order valence-electron chi connectivity index (χ0n) is 14.3. The van der Waals surface area contributed by atoms with E-state index in [0.717, 1.165) is 6.42 Å². The highest BCUT2D eigenvalue weighted by atomic mass is 79.9. The molecule has 0 aliphatic rings. The van der Waals surface area contributed by atoms with Crippen LogP contribution in [0.15, 0.2) is 91.0 Å². The fourth-order valence-corrected chi connectivity index (χ4v) is 8.17. The van der Waals surface area contributed by atoms with E-state index in [1.165, 1.54) is 22.2 Å². The maximum atomic E-state index is 12.1. The molecule has 3 aromatic rings. The normalized spacial score (nSPS) is 12.0. The first-order valence-corrected chi connectivity index (χ1v) is 10.2. The van der Waals surface area contributed by atoms with E-state index in [1.807, 2.05) is 18.2 Å². The second-order valence-corrected chi connectivity index (χ2v) is 9.50. The van der Waals surface area contributed by atoms with Crippen LogP contribution in [0.2, 0.25) is 0 Å². The number of hydrogen-bond acceptors (Lipinski definition) is 1. The van der Waals surface area contributed by atoms with Crippen LogP contribution in [0.4, 0.5) is 0 Å². The highest BCUT2D eigenvalue weighted by Crippen LogP contribution is 2.59. The van der Waals surface area contributed by atoms with Crippen molar-refractivity contribution in [1.82, 2.24) is 0 Å². The molecule has 25 heavy (non-hydrogen) atoms. The molecule has 0 aromatic heterocycles. The molecule has 0 aliphatic carbocycles. The quantitative estimate of drug-likeness (QED) is 0.435. The van der Waals surface area contributed by atoms with Gasteiger partial charge in [0.15, 0.2) is 6.29 Å². The van der Waals surface area contributed by atoms with Gasteiger partial charge in [0.05, 0.1) is 0 Å². The van der Waals surface area contributed by atoms with Crippen LogP contribution in [0.1, 0.15) is 13.3 Å². The predicted molar refractivity (Wildman–Crippen MR) is 105 cm³/mol. The average Bonchev–Trinajstić information content (AvgIpc) is 2.68. The van der Waals surface area contributed by atoms with Gasteiger partial charge in [0, 0.05) is 0 Å². The highest BCUT2D eigenvalue weighted by molar-refractivity contribution is 7.96. The molecule has 0 saturated carbocycles. The van der Waals surface area contributed by atoms with Crippen LogP contribution >= 0.6 is 7.26 Å². The molecule has 3 aromatic carbocycles. The molecule has 0 amide bonds. The smallest absolute Gasteiger partial charge is 0.161 e. The Kier molecular flexibility index (Phi) is 7.11. The summed E-state index contributed by atoms with van der Waals surface area (Å²) in [4.78, 5) is 12.1. The summed E-state index contributed by atoms with van der Waals surface area (Å²) < 4.78 is 0. The number of rotatable bonds is 6. The third-order valence-corrected chi connectivity index (χ3v) is 9.38. The van der Waals surface area contributed by atoms with Gasteiger partial charge in [-0.05, 0) is 42.8 Å². The second-order valence-electron chi connectivity index (χ2n) is 5.84. The summed E-state index contributed by atoms with van der Waals surface area (Å²) in [5, 5.41) is 3.80. The second kappa shape index (κ2) is 9.08. The Morgan fingerprint density at radius 2 is 1.04 bits per heavy atom. The fourth-order valence-electron chi connectivity index (χ4n) is 3.47. The van der Waals surface area contributed by atoms with E-state index in [2.05, 4.69) is 79.7 Å². The van der Waals surface area contributed by atoms with Crippen LogP contribution in [0.25, 0.3) is 0 Å². The van der Waals surface area contributed by atoms with Gasteiger partial charge in [-0.15, -0.1) is 0 Å². The molecule has 1 nitrogen and oxygen atoms in total. The molecule has 3 rings (SSSR count). The van der Waals surface area contributed by atoms with Crippen LogP contribution in [0, 0.1) is 0 Å². The summed E-state index contributed by atoms with van der Waals surface area (Å²) in [5.74, 6) is 0. The van der Waals surface area contributed by atoms with Crippen molar-refractivity contribution in [3.05, 3.63) is 91.0 Å². The van der Waals surface area contributed by atoms with Crippen molar-refractivity contribution in [2.45, 2.75) is 19.0 Å². The molecule has 1 unspecified atom stereocenters. The topological polar surface area (TPSA) is 17.1 Å². The molecular formula is C22H22BrOP. The lowest BCUT2D eigenvalue weighted by atomic mass is 10.3. The molecule has 0 N–H and O–H groups in total. The SMILES string of the molecule is CCC(C=O)[P+](c1ccccc1)(c1ccccc1)c1ccccc1.[Br-]. The standard InChI is InChI=1S/C22H22OP.BrH/c1-2-19(18-23)24(20-12-6-3-7-13-20,21-14-8-4-9-15-21)22-16-10-5-11-17-22;/h3-19H,2H2,1H3;1H/q+1;/p-1. The molecule has 0 heterocycles. The number of halogens is 1. The van der Waals surface area contributed by atoms with Crippen LogP contribution in [0.5, 0.6) is 0 Å². The molecule has 3 heteroatoms. The van der Waals surface area contributed by atoms with E-state index in [1.54, 1.807) is 0 Å². The summed E-state index contributed by atoms with van der Waals surface area (Å²) in [6.07, 6.45) is 2.00. The van der Waals surface area contributed by atoms with Gasteiger partial charge in [-0.25, -0.2) is 0 Å². The fraction of sp³-hybridized carbons (Fsp3) is 0.136. The molecule has 128 valence electrons. The largest absolute Gasteiger partial charge is 1.00 e. The summed E-state index contributed by atoms with van der Waals surface area (Å²) in [6.45, 7) is 2.11. The molecule has 0 saturated heterocycles. The molecule has 0 bridgehead atoms. The lowest BCUT2D eigenvalue weighted by molar-refractivity contribution is -0.107. The van der Waals surface area contributed by atoms with Crippen molar-refractivity contribution in [3.8, 4) is 0 Å². The van der Waals surface area contributed by atoms with Crippen LogP contribution in [0.3, 0.4) is 0 Å². The average molecular weight is 413 g/mol. The van der Waals surface area contributed by atoms with Crippen molar-refractivity contribution >= 4 is 29.5 Å². The van der Waals surface area contributed by atoms with Gasteiger partial charge in [0.25, 0.3) is 0 Å². The Bertz CT molecular complexity index is 678. The zero-order chi connectivity index (χ0) is 16.8. The van der Waals surface area contributed by atoms with Crippen molar-refractivity contribution in [1.29, 1.82) is 0 Å². The van der Waals surface area contributed by atoms with Crippen LogP contribution in [-0.2, 0) is 4.79 Å². The first-order chi connectivity index (χ1) is 11.8. The molecule has 1 atom stereocenters. The number of hydrogen-bond donors (Lipinski definition) is 0. The van der Waals surface area contributed by atoms with E-state index in [9.17, 15) is 4.79 Å². The molecule has 0 fully saturated rings. The monoisotopic (exact) mass is 412 g/mol. The van der Waals surface area contributed by atoms with Crippen molar-refractivity contribution < 1.29 is 21.8 Å². The predicted octanol–water partition coefficient (Wildman–Crippen LogP) is 0.962. The van der Waals surface area contributed by atoms with Crippen LogP contribution < -0.4 is 32.9 Å². The summed E-state index contributed by atoms with van der Waals surface area (Å²) in [6, 6.07) is 31.7. The molecule has 0 spiro atoms. The van der Waals surface area contributed by atoms with Gasteiger partial charge in [-0.2, -0.15) is 0 Å². The lowest BCUT2D eigenvalue weighted by Crippen LogP contribution is -3.00. The van der Waals surface area contributed by atoms with E-state index < -0.39 is 7.26 Å². The van der Waals surface area contributed by atoms with E-state index in [-0.39, 0.29) is 22.6 Å². The number of carbonyl (C=O) groups excluding carboxylic acids is 1. The van der Waals surface area contributed by atoms with Crippen LogP contribution in [-0.4, -0.2) is 11.9 Å². The number of benzene rings is 3. The van der Waals surface area contributed by atoms with E-state index in [4.69, 9.17) is 0 Å². The first kappa shape index (κ1) is 19.6. The van der Waals surface area contributed by atoms with Gasteiger partial charge in [-0.1, -0.05) is 61.5 Å². The van der Waals surface area contributed by atoms with Crippen molar-refractivity contribution in [2.24, 2.45) is 0 Å². The van der Waals surface area contributed by atoms with Gasteiger partial charge in [-0.3, -0.25) is 4.79 Å². The van der Waals surface area contributed by atoms with Gasteiger partial charge < -0.3 is 17.0 Å². The summed E-state index contributed by atoms with van der Waals surface area (Å²) in [5.41, 5.74) is -0.0234. The highest BCUT2D eigenvalue weighted by Gasteiger charge is 2.51. The van der Waals surface area contributed by atoms with Gasteiger partial charge >= 0.3 is 0 Å². The van der Waals surface area contributed by atoms with E-state index >= 15 is 0 Å². The molecular weight excluding hydrogens is 391 g/mol. The Morgan fingerprint density at radius 1 is 0.720 bits per heavy atom. The minimum absolute atomic E-state index is 0. The number of carbonyl (C=O) groups is 1. The minimum Gasteiger partial charge on any atom is -1.00 e. The molecule has 0 aliphatic heterocycles. The Hall–Kier alpha value is -1.76. The Labute approximate surface area is 161 Å².